The minimum absolute atomic E-state index is 0.139. The van der Waals surface area contributed by atoms with Gasteiger partial charge in [-0.25, -0.2) is 8.42 Å². The first kappa shape index (κ1) is 15.3. The summed E-state index contributed by atoms with van der Waals surface area (Å²) in [7, 11) is -3.68. The Bertz CT molecular complexity index is 761. The quantitative estimate of drug-likeness (QED) is 0.741. The standard InChI is InChI=1S/C13H12Br2N2O2S/c1-8-2-4-10(14)12(6-8)17-20(18,19)13-5-3-9(16)7-11(13)15/h2-7,17H,16H2,1H3. The lowest BCUT2D eigenvalue weighted by molar-refractivity contribution is 0.601. The number of aryl methyl sites for hydroxylation is 1. The van der Waals surface area contributed by atoms with E-state index < -0.39 is 10.0 Å². The Balaban J connectivity index is 2.43. The van der Waals surface area contributed by atoms with E-state index in [1.54, 1.807) is 24.3 Å². The Hall–Kier alpha value is -1.05. The van der Waals surface area contributed by atoms with Gasteiger partial charge in [-0.2, -0.15) is 0 Å². The van der Waals surface area contributed by atoms with E-state index in [2.05, 4.69) is 36.6 Å². The number of nitrogens with two attached hydrogens (primary N) is 1. The second-order valence-corrected chi connectivity index (χ2v) is 7.64. The summed E-state index contributed by atoms with van der Waals surface area (Å²) >= 11 is 6.55. The molecule has 0 aliphatic rings. The van der Waals surface area contributed by atoms with Gasteiger partial charge in [0.15, 0.2) is 0 Å². The molecule has 0 aliphatic heterocycles. The minimum atomic E-state index is -3.68. The van der Waals surface area contributed by atoms with Crippen LogP contribution in [0.1, 0.15) is 5.56 Å². The molecule has 3 N–H and O–H groups in total. The lowest BCUT2D eigenvalue weighted by Gasteiger charge is -2.12. The van der Waals surface area contributed by atoms with Gasteiger partial charge in [-0.3, -0.25) is 4.72 Å². The van der Waals surface area contributed by atoms with Crippen molar-refractivity contribution in [1.82, 2.24) is 0 Å². The van der Waals surface area contributed by atoms with Crippen LogP contribution in [0.2, 0.25) is 0 Å². The van der Waals surface area contributed by atoms with Gasteiger partial charge in [0.2, 0.25) is 0 Å². The molecule has 0 heterocycles. The van der Waals surface area contributed by atoms with Crippen LogP contribution in [0.3, 0.4) is 0 Å². The molecule has 0 radical (unpaired) electrons. The molecule has 0 saturated carbocycles. The van der Waals surface area contributed by atoms with Crippen LogP contribution in [0, 0.1) is 6.92 Å². The molecule has 0 fully saturated rings. The van der Waals surface area contributed by atoms with Gasteiger partial charge in [-0.05, 0) is 74.7 Å². The number of nitrogen functional groups attached to an aromatic ring is 1. The highest BCUT2D eigenvalue weighted by Gasteiger charge is 2.19. The number of halogens is 2. The number of nitrogens with one attached hydrogen (secondary N) is 1. The van der Waals surface area contributed by atoms with Crippen molar-refractivity contribution in [2.75, 3.05) is 10.5 Å². The van der Waals surface area contributed by atoms with Crippen LogP contribution in [-0.2, 0) is 10.0 Å². The van der Waals surface area contributed by atoms with Gasteiger partial charge in [0.1, 0.15) is 4.90 Å². The topological polar surface area (TPSA) is 72.2 Å². The maximum atomic E-state index is 12.4. The molecule has 7 heteroatoms. The minimum Gasteiger partial charge on any atom is -0.399 e. The Morgan fingerprint density at radius 2 is 1.75 bits per heavy atom. The molecule has 2 aromatic rings. The molecule has 0 bridgehead atoms. The first-order valence-corrected chi connectivity index (χ1v) is 8.70. The van der Waals surface area contributed by atoms with Crippen LogP contribution in [0.15, 0.2) is 50.2 Å². The largest absolute Gasteiger partial charge is 0.399 e. The summed E-state index contributed by atoms with van der Waals surface area (Å²) < 4.78 is 28.5. The molecule has 2 rings (SSSR count). The molecule has 20 heavy (non-hydrogen) atoms. The van der Waals surface area contributed by atoms with Crippen molar-refractivity contribution in [1.29, 1.82) is 0 Å². The number of sulfonamides is 1. The number of anilines is 2. The molecular formula is C13H12Br2N2O2S. The number of hydrogen-bond donors (Lipinski definition) is 2. The van der Waals surface area contributed by atoms with Crippen LogP contribution in [0.5, 0.6) is 0 Å². The zero-order valence-corrected chi connectivity index (χ0v) is 14.5. The van der Waals surface area contributed by atoms with E-state index in [9.17, 15) is 8.42 Å². The van der Waals surface area contributed by atoms with E-state index in [0.29, 0.717) is 20.3 Å². The van der Waals surface area contributed by atoms with Gasteiger partial charge >= 0.3 is 0 Å². The van der Waals surface area contributed by atoms with Crippen molar-refractivity contribution in [3.8, 4) is 0 Å². The van der Waals surface area contributed by atoms with Crippen LogP contribution in [0.25, 0.3) is 0 Å². The van der Waals surface area contributed by atoms with Gasteiger partial charge in [0.05, 0.1) is 5.69 Å². The molecule has 0 saturated heterocycles. The molecule has 0 unspecified atom stereocenters. The summed E-state index contributed by atoms with van der Waals surface area (Å²) in [6, 6.07) is 10.0. The Kier molecular flexibility index (Phi) is 4.41. The van der Waals surface area contributed by atoms with Gasteiger partial charge < -0.3 is 5.73 Å². The molecule has 2 aromatic carbocycles. The van der Waals surface area contributed by atoms with Gasteiger partial charge in [0, 0.05) is 14.6 Å². The Morgan fingerprint density at radius 3 is 2.40 bits per heavy atom. The first-order valence-electron chi connectivity index (χ1n) is 5.63. The highest BCUT2D eigenvalue weighted by Crippen LogP contribution is 2.29. The van der Waals surface area contributed by atoms with Crippen molar-refractivity contribution in [2.45, 2.75) is 11.8 Å². The van der Waals surface area contributed by atoms with E-state index >= 15 is 0 Å². The third-order valence-electron chi connectivity index (χ3n) is 2.61. The van der Waals surface area contributed by atoms with Gasteiger partial charge in [-0.15, -0.1) is 0 Å². The summed E-state index contributed by atoms with van der Waals surface area (Å²) in [4.78, 5) is 0.139. The lowest BCUT2D eigenvalue weighted by Crippen LogP contribution is -2.14. The fourth-order valence-electron chi connectivity index (χ4n) is 1.65. The molecule has 0 aliphatic carbocycles. The maximum Gasteiger partial charge on any atom is 0.263 e. The number of rotatable bonds is 3. The average molecular weight is 420 g/mol. The molecule has 106 valence electrons. The number of benzene rings is 2. The third kappa shape index (κ3) is 3.34. The van der Waals surface area contributed by atoms with E-state index in [-0.39, 0.29) is 4.90 Å². The second-order valence-electron chi connectivity index (χ2n) is 4.28. The van der Waals surface area contributed by atoms with Crippen LogP contribution < -0.4 is 10.5 Å². The first-order chi connectivity index (χ1) is 9.29. The van der Waals surface area contributed by atoms with Crippen LogP contribution >= 0.6 is 31.9 Å². The summed E-state index contributed by atoms with van der Waals surface area (Å²) in [6.07, 6.45) is 0. The molecule has 0 atom stereocenters. The molecule has 0 amide bonds. The van der Waals surface area contributed by atoms with Crippen molar-refractivity contribution in [3.05, 3.63) is 50.9 Å². The van der Waals surface area contributed by atoms with Crippen LogP contribution in [0.4, 0.5) is 11.4 Å². The van der Waals surface area contributed by atoms with Crippen molar-refractivity contribution in [2.24, 2.45) is 0 Å². The van der Waals surface area contributed by atoms with Crippen molar-refractivity contribution in [3.63, 3.8) is 0 Å². The molecule has 0 spiro atoms. The highest BCUT2D eigenvalue weighted by atomic mass is 79.9. The van der Waals surface area contributed by atoms with Crippen molar-refractivity contribution < 1.29 is 8.42 Å². The molecular weight excluding hydrogens is 408 g/mol. The number of hydrogen-bond acceptors (Lipinski definition) is 3. The maximum absolute atomic E-state index is 12.4. The molecule has 0 aromatic heterocycles. The normalized spacial score (nSPS) is 11.3. The van der Waals surface area contributed by atoms with E-state index in [4.69, 9.17) is 5.73 Å². The zero-order chi connectivity index (χ0) is 14.9. The van der Waals surface area contributed by atoms with E-state index in [1.165, 1.54) is 6.07 Å². The fourth-order valence-corrected chi connectivity index (χ4v) is 4.30. The zero-order valence-electron chi connectivity index (χ0n) is 10.5. The smallest absolute Gasteiger partial charge is 0.263 e. The predicted molar refractivity (Wildman–Crippen MR) is 88.2 cm³/mol. The highest BCUT2D eigenvalue weighted by molar-refractivity contribution is 9.11. The van der Waals surface area contributed by atoms with Crippen LogP contribution in [-0.4, -0.2) is 8.42 Å². The van der Waals surface area contributed by atoms with Gasteiger partial charge in [0.25, 0.3) is 10.0 Å². The predicted octanol–water partition coefficient (Wildman–Crippen LogP) is 3.90. The Labute approximate surface area is 134 Å². The summed E-state index contributed by atoms with van der Waals surface area (Å²) in [6.45, 7) is 1.89. The average Bonchev–Trinajstić information content (AvgIpc) is 2.33. The van der Waals surface area contributed by atoms with E-state index in [1.807, 2.05) is 13.0 Å². The van der Waals surface area contributed by atoms with Gasteiger partial charge in [-0.1, -0.05) is 6.07 Å². The monoisotopic (exact) mass is 418 g/mol. The molecule has 4 nitrogen and oxygen atoms in total. The van der Waals surface area contributed by atoms with E-state index in [0.717, 1.165) is 5.56 Å². The third-order valence-corrected chi connectivity index (χ3v) is 5.65. The summed E-state index contributed by atoms with van der Waals surface area (Å²) in [5, 5.41) is 0. The SMILES string of the molecule is Cc1ccc(Br)c(NS(=O)(=O)c2ccc(N)cc2Br)c1. The fraction of sp³-hybridized carbons (Fsp3) is 0.0769. The summed E-state index contributed by atoms with van der Waals surface area (Å²) in [5.41, 5.74) is 7.56. The lowest BCUT2D eigenvalue weighted by atomic mass is 10.2. The Morgan fingerprint density at radius 1 is 1.05 bits per heavy atom. The summed E-state index contributed by atoms with van der Waals surface area (Å²) in [5.74, 6) is 0. The van der Waals surface area contributed by atoms with Crippen molar-refractivity contribution >= 4 is 53.3 Å². The second kappa shape index (κ2) is 5.75.